The van der Waals surface area contributed by atoms with E-state index in [0.29, 0.717) is 0 Å². The molecule has 1 atom stereocenters. The Balaban J connectivity index is 1.95. The summed E-state index contributed by atoms with van der Waals surface area (Å²) in [5.41, 5.74) is 7.92. The van der Waals surface area contributed by atoms with Crippen LogP contribution in [-0.4, -0.2) is 16.5 Å². The Morgan fingerprint density at radius 2 is 2.14 bits per heavy atom. The molecule has 1 aliphatic heterocycles. The summed E-state index contributed by atoms with van der Waals surface area (Å²) in [6.45, 7) is 5.36. The van der Waals surface area contributed by atoms with Gasteiger partial charge in [0.15, 0.2) is 0 Å². The Hall–Kier alpha value is -2.13. The predicted octanol–water partition coefficient (Wildman–Crippen LogP) is 3.41. The molecule has 0 spiro atoms. The van der Waals surface area contributed by atoms with E-state index in [1.54, 1.807) is 0 Å². The lowest BCUT2D eigenvalue weighted by molar-refractivity contribution is 0.559. The van der Waals surface area contributed by atoms with E-state index >= 15 is 0 Å². The molecule has 1 unspecified atom stereocenters. The first-order valence-electron chi connectivity index (χ1n) is 7.49. The van der Waals surface area contributed by atoms with Crippen LogP contribution in [0.4, 0.5) is 0 Å². The number of aryl methyl sites for hydroxylation is 2. The van der Waals surface area contributed by atoms with Gasteiger partial charge in [-0.05, 0) is 49.1 Å². The smallest absolute Gasteiger partial charge is 0.0747 e. The minimum Gasteiger partial charge on any atom is -0.356 e. The number of nitrogens with one attached hydrogen (secondary N) is 2. The molecule has 106 valence electrons. The van der Waals surface area contributed by atoms with Crippen molar-refractivity contribution < 1.29 is 0 Å². The highest BCUT2D eigenvalue weighted by Crippen LogP contribution is 2.34. The van der Waals surface area contributed by atoms with Crippen molar-refractivity contribution in [1.82, 2.24) is 15.3 Å². The molecule has 2 aromatic heterocycles. The number of benzene rings is 1. The lowest BCUT2D eigenvalue weighted by Gasteiger charge is -2.24. The van der Waals surface area contributed by atoms with Gasteiger partial charge in [-0.1, -0.05) is 17.7 Å². The van der Waals surface area contributed by atoms with Crippen molar-refractivity contribution in [3.05, 3.63) is 64.6 Å². The Morgan fingerprint density at radius 1 is 1.24 bits per heavy atom. The van der Waals surface area contributed by atoms with Gasteiger partial charge in [-0.3, -0.25) is 4.98 Å². The zero-order chi connectivity index (χ0) is 14.4. The van der Waals surface area contributed by atoms with Gasteiger partial charge in [-0.25, -0.2) is 0 Å². The molecule has 4 rings (SSSR count). The molecular weight excluding hydrogens is 258 g/mol. The molecule has 3 nitrogen and oxygen atoms in total. The molecule has 0 aliphatic carbocycles. The van der Waals surface area contributed by atoms with Crippen LogP contribution in [-0.2, 0) is 6.42 Å². The number of nitrogens with zero attached hydrogens (tertiary/aromatic N) is 1. The molecule has 0 saturated carbocycles. The Labute approximate surface area is 124 Å². The summed E-state index contributed by atoms with van der Waals surface area (Å²) in [5, 5.41) is 5.00. The van der Waals surface area contributed by atoms with E-state index in [1.165, 1.54) is 38.9 Å². The number of H-pyrrole nitrogens is 1. The third-order valence-electron chi connectivity index (χ3n) is 4.42. The molecule has 2 N–H and O–H groups in total. The van der Waals surface area contributed by atoms with Crippen molar-refractivity contribution in [1.29, 1.82) is 0 Å². The van der Waals surface area contributed by atoms with Gasteiger partial charge >= 0.3 is 0 Å². The minimum atomic E-state index is 0.217. The minimum absolute atomic E-state index is 0.217. The van der Waals surface area contributed by atoms with E-state index in [2.05, 4.69) is 47.3 Å². The summed E-state index contributed by atoms with van der Waals surface area (Å²) >= 11 is 0. The summed E-state index contributed by atoms with van der Waals surface area (Å²) in [6, 6.07) is 8.92. The van der Waals surface area contributed by atoms with Gasteiger partial charge in [0.25, 0.3) is 0 Å². The normalized spacial score (nSPS) is 17.9. The maximum absolute atomic E-state index is 4.26. The van der Waals surface area contributed by atoms with Crippen molar-refractivity contribution in [2.45, 2.75) is 26.3 Å². The summed E-state index contributed by atoms with van der Waals surface area (Å²) in [5.74, 6) is 0. The van der Waals surface area contributed by atoms with Crippen LogP contribution in [0.1, 0.15) is 34.0 Å². The quantitative estimate of drug-likeness (QED) is 0.715. The highest BCUT2D eigenvalue weighted by atomic mass is 15.0. The fraction of sp³-hybridized carbons (Fsp3) is 0.278. The van der Waals surface area contributed by atoms with Crippen molar-refractivity contribution in [3.8, 4) is 0 Å². The number of aromatic nitrogens is 2. The molecule has 3 heterocycles. The van der Waals surface area contributed by atoms with Crippen LogP contribution >= 0.6 is 0 Å². The van der Waals surface area contributed by atoms with E-state index in [9.17, 15) is 0 Å². The molecule has 3 heteroatoms. The third kappa shape index (κ3) is 1.96. The van der Waals surface area contributed by atoms with Crippen molar-refractivity contribution >= 4 is 10.9 Å². The fourth-order valence-electron chi connectivity index (χ4n) is 3.52. The number of pyridine rings is 1. The maximum atomic E-state index is 4.26. The van der Waals surface area contributed by atoms with Crippen LogP contribution in [0, 0.1) is 13.8 Å². The zero-order valence-corrected chi connectivity index (χ0v) is 12.4. The Bertz CT molecular complexity index is 802. The lowest BCUT2D eigenvalue weighted by Crippen LogP contribution is -2.30. The molecule has 0 fully saturated rings. The number of rotatable bonds is 1. The molecule has 0 bridgehead atoms. The number of aromatic amines is 1. The number of hydrogen-bond acceptors (Lipinski definition) is 2. The van der Waals surface area contributed by atoms with Crippen LogP contribution in [0.2, 0.25) is 0 Å². The van der Waals surface area contributed by atoms with Crippen molar-refractivity contribution in [2.75, 3.05) is 6.54 Å². The average Bonchev–Trinajstić information content (AvgIpc) is 2.87. The van der Waals surface area contributed by atoms with Gasteiger partial charge in [0.2, 0.25) is 0 Å². The molecule has 0 amide bonds. The van der Waals surface area contributed by atoms with Crippen molar-refractivity contribution in [2.24, 2.45) is 0 Å². The maximum Gasteiger partial charge on any atom is 0.0747 e. The Morgan fingerprint density at radius 3 is 2.95 bits per heavy atom. The van der Waals surface area contributed by atoms with Crippen LogP contribution < -0.4 is 5.32 Å². The summed E-state index contributed by atoms with van der Waals surface area (Å²) in [4.78, 5) is 7.93. The topological polar surface area (TPSA) is 40.7 Å². The van der Waals surface area contributed by atoms with E-state index < -0.39 is 0 Å². The Kier molecular flexibility index (Phi) is 2.82. The molecule has 21 heavy (non-hydrogen) atoms. The monoisotopic (exact) mass is 277 g/mol. The average molecular weight is 277 g/mol. The standard InChI is InChI=1S/C18H19N3/c1-11-8-12(2)16-15(9-11)14-5-7-20-17(18(14)21-16)13-4-3-6-19-10-13/h3-4,6,8-10,17,20-21H,5,7H2,1-2H3. The SMILES string of the molecule is Cc1cc(C)c2[nH]c3c(c2c1)CCNC3c1cccnc1. The highest BCUT2D eigenvalue weighted by Gasteiger charge is 2.25. The predicted molar refractivity (Wildman–Crippen MR) is 85.6 cm³/mol. The van der Waals surface area contributed by atoms with Gasteiger partial charge < -0.3 is 10.3 Å². The third-order valence-corrected chi connectivity index (χ3v) is 4.42. The van der Waals surface area contributed by atoms with Gasteiger partial charge in [-0.15, -0.1) is 0 Å². The summed E-state index contributed by atoms with van der Waals surface area (Å²) in [6.07, 6.45) is 4.86. The fourth-order valence-corrected chi connectivity index (χ4v) is 3.52. The molecular formula is C18H19N3. The first kappa shape index (κ1) is 12.6. The number of fused-ring (bicyclic) bond motifs is 3. The molecule has 1 aliphatic rings. The lowest BCUT2D eigenvalue weighted by atomic mass is 9.94. The van der Waals surface area contributed by atoms with Crippen molar-refractivity contribution in [3.63, 3.8) is 0 Å². The highest BCUT2D eigenvalue weighted by molar-refractivity contribution is 5.88. The van der Waals surface area contributed by atoms with E-state index in [-0.39, 0.29) is 6.04 Å². The summed E-state index contributed by atoms with van der Waals surface area (Å²) < 4.78 is 0. The zero-order valence-electron chi connectivity index (χ0n) is 12.4. The molecule has 1 aromatic carbocycles. The first-order valence-corrected chi connectivity index (χ1v) is 7.49. The first-order chi connectivity index (χ1) is 10.2. The molecule has 0 radical (unpaired) electrons. The van der Waals surface area contributed by atoms with Crippen LogP contribution in [0.3, 0.4) is 0 Å². The van der Waals surface area contributed by atoms with Crippen LogP contribution in [0.25, 0.3) is 10.9 Å². The van der Waals surface area contributed by atoms with Gasteiger partial charge in [0.1, 0.15) is 0 Å². The van der Waals surface area contributed by atoms with E-state index in [0.717, 1.165) is 13.0 Å². The van der Waals surface area contributed by atoms with E-state index in [4.69, 9.17) is 0 Å². The van der Waals surface area contributed by atoms with Gasteiger partial charge in [0.05, 0.1) is 6.04 Å². The second kappa shape index (κ2) is 4.71. The van der Waals surface area contributed by atoms with Crippen LogP contribution in [0.5, 0.6) is 0 Å². The largest absolute Gasteiger partial charge is 0.356 e. The van der Waals surface area contributed by atoms with E-state index in [1.807, 2.05) is 18.5 Å². The molecule has 3 aromatic rings. The second-order valence-electron chi connectivity index (χ2n) is 5.95. The van der Waals surface area contributed by atoms with Gasteiger partial charge in [-0.2, -0.15) is 0 Å². The molecule has 0 saturated heterocycles. The number of hydrogen-bond donors (Lipinski definition) is 2. The summed E-state index contributed by atoms with van der Waals surface area (Å²) in [7, 11) is 0. The second-order valence-corrected chi connectivity index (χ2v) is 5.95. The van der Waals surface area contributed by atoms with Crippen LogP contribution in [0.15, 0.2) is 36.7 Å². The van der Waals surface area contributed by atoms with Gasteiger partial charge in [0, 0.05) is 35.5 Å².